The van der Waals surface area contributed by atoms with E-state index in [-0.39, 0.29) is 5.91 Å². The molecule has 0 unspecified atom stereocenters. The van der Waals surface area contributed by atoms with Gasteiger partial charge in [0.2, 0.25) is 0 Å². The Hall–Kier alpha value is -3.98. The molecule has 9 heteroatoms. The monoisotopic (exact) mass is 483 g/mol. The molecule has 0 spiro atoms. The third-order valence-corrected chi connectivity index (χ3v) is 6.81. The van der Waals surface area contributed by atoms with Crippen LogP contribution in [0.4, 0.5) is 5.82 Å². The Kier molecular flexibility index (Phi) is 6.08. The Labute approximate surface area is 207 Å². The maximum absolute atomic E-state index is 13.2. The first-order valence-electron chi connectivity index (χ1n) is 11.3. The minimum absolute atomic E-state index is 0.195. The van der Waals surface area contributed by atoms with E-state index < -0.39 is 0 Å². The van der Waals surface area contributed by atoms with Crippen molar-refractivity contribution in [2.45, 2.75) is 32.6 Å². The van der Waals surface area contributed by atoms with E-state index in [0.717, 1.165) is 33.0 Å². The maximum Gasteiger partial charge on any atom is 0.257 e. The molecule has 0 aliphatic heterocycles. The molecular weight excluding hydrogens is 458 g/mol. The molecule has 0 atom stereocenters. The van der Waals surface area contributed by atoms with Crippen LogP contribution in [0, 0.1) is 20.8 Å². The highest BCUT2D eigenvalue weighted by Crippen LogP contribution is 2.27. The summed E-state index contributed by atoms with van der Waals surface area (Å²) < 4.78 is 3.46. The lowest BCUT2D eigenvalue weighted by Gasteiger charge is -2.12. The van der Waals surface area contributed by atoms with Gasteiger partial charge in [-0.1, -0.05) is 31.2 Å². The average molecular weight is 484 g/mol. The maximum atomic E-state index is 13.2. The highest BCUT2D eigenvalue weighted by atomic mass is 32.2. The van der Waals surface area contributed by atoms with Gasteiger partial charge in [0.05, 0.1) is 28.5 Å². The molecule has 0 saturated heterocycles. The number of nitrogens with zero attached hydrogens (tertiary/aromatic N) is 6. The van der Waals surface area contributed by atoms with Gasteiger partial charge in [-0.25, -0.2) is 14.6 Å². The highest BCUT2D eigenvalue weighted by molar-refractivity contribution is 7.99. The first-order valence-corrected chi connectivity index (χ1v) is 12.3. The zero-order valence-corrected chi connectivity index (χ0v) is 20.8. The van der Waals surface area contributed by atoms with E-state index in [0.29, 0.717) is 22.8 Å². The molecule has 1 amide bonds. The van der Waals surface area contributed by atoms with Crippen molar-refractivity contribution in [1.29, 1.82) is 0 Å². The molecule has 0 aliphatic rings. The number of aromatic nitrogens is 6. The van der Waals surface area contributed by atoms with Gasteiger partial charge >= 0.3 is 0 Å². The Morgan fingerprint density at radius 1 is 1.03 bits per heavy atom. The Morgan fingerprint density at radius 3 is 2.69 bits per heavy atom. The number of rotatable bonds is 6. The van der Waals surface area contributed by atoms with E-state index in [2.05, 4.69) is 52.3 Å². The van der Waals surface area contributed by atoms with Crippen LogP contribution in [-0.2, 0) is 0 Å². The van der Waals surface area contributed by atoms with E-state index in [1.807, 2.05) is 54.1 Å². The van der Waals surface area contributed by atoms with Crippen LogP contribution >= 0.6 is 11.8 Å². The summed E-state index contributed by atoms with van der Waals surface area (Å²) in [5.41, 5.74) is 5.31. The van der Waals surface area contributed by atoms with Crippen LogP contribution in [0.2, 0.25) is 0 Å². The molecule has 3 heterocycles. The van der Waals surface area contributed by atoms with Gasteiger partial charge in [0.25, 0.3) is 5.91 Å². The second-order valence-electron chi connectivity index (χ2n) is 8.18. The smallest absolute Gasteiger partial charge is 0.257 e. The molecule has 1 N–H and O–H groups in total. The predicted octanol–water partition coefficient (Wildman–Crippen LogP) is 5.29. The number of amides is 1. The van der Waals surface area contributed by atoms with Crippen LogP contribution in [0.25, 0.3) is 22.5 Å². The van der Waals surface area contributed by atoms with E-state index in [1.165, 1.54) is 11.9 Å². The van der Waals surface area contributed by atoms with Crippen LogP contribution < -0.4 is 5.32 Å². The fourth-order valence-electron chi connectivity index (χ4n) is 4.01. The topological polar surface area (TPSA) is 90.5 Å². The normalized spacial score (nSPS) is 11.2. The van der Waals surface area contributed by atoms with Crippen LogP contribution in [0.5, 0.6) is 0 Å². The number of hydrogen-bond donors (Lipinski definition) is 1. The molecule has 0 bridgehead atoms. The number of fused-ring (bicyclic) bond motifs is 1. The predicted molar refractivity (Wildman–Crippen MR) is 139 cm³/mol. The second kappa shape index (κ2) is 9.34. The fraction of sp³-hybridized carbons (Fsp3) is 0.192. The zero-order chi connectivity index (χ0) is 24.5. The molecule has 35 heavy (non-hydrogen) atoms. The lowest BCUT2D eigenvalue weighted by atomic mass is 10.1. The van der Waals surface area contributed by atoms with E-state index >= 15 is 0 Å². The number of nitrogens with one attached hydrogen (secondary N) is 1. The fourth-order valence-corrected chi connectivity index (χ4v) is 4.81. The molecule has 8 nitrogen and oxygen atoms in total. The van der Waals surface area contributed by atoms with Crippen LogP contribution in [0.3, 0.4) is 0 Å². The molecule has 2 aromatic carbocycles. The number of anilines is 1. The van der Waals surface area contributed by atoms with Crippen molar-refractivity contribution in [3.63, 3.8) is 0 Å². The standard InChI is InChI=1S/C26H25N7OS/c1-5-35-22-12-7-6-10-19(22)26(34)30-23-13-17(3)31-33(23)25-20-14-29-32(24(20)27-15-28-25)21-11-8-9-16(2)18(21)4/h6-15H,5H2,1-4H3,(H,30,34). The summed E-state index contributed by atoms with van der Waals surface area (Å²) in [5, 5.41) is 13.0. The van der Waals surface area contributed by atoms with Gasteiger partial charge in [-0.05, 0) is 55.9 Å². The highest BCUT2D eigenvalue weighted by Gasteiger charge is 2.19. The largest absolute Gasteiger partial charge is 0.306 e. The number of carbonyl (C=O) groups excluding carboxylic acids is 1. The van der Waals surface area contributed by atoms with Crippen LogP contribution in [-0.4, -0.2) is 41.2 Å². The molecule has 5 aromatic rings. The summed E-state index contributed by atoms with van der Waals surface area (Å²) in [6.45, 7) is 8.09. The van der Waals surface area contributed by atoms with E-state index in [4.69, 9.17) is 0 Å². The first-order chi connectivity index (χ1) is 17.0. The zero-order valence-electron chi connectivity index (χ0n) is 20.0. The van der Waals surface area contributed by atoms with Crippen LogP contribution in [0.15, 0.2) is 66.0 Å². The molecule has 0 radical (unpaired) electrons. The lowest BCUT2D eigenvalue weighted by Crippen LogP contribution is -2.16. The van der Waals surface area contributed by atoms with Gasteiger partial charge in [-0.3, -0.25) is 4.79 Å². The summed E-state index contributed by atoms with van der Waals surface area (Å²) in [4.78, 5) is 23.2. The Morgan fingerprint density at radius 2 is 1.86 bits per heavy atom. The molecule has 176 valence electrons. The third kappa shape index (κ3) is 4.19. The average Bonchev–Trinajstić information content (AvgIpc) is 3.44. The summed E-state index contributed by atoms with van der Waals surface area (Å²) in [7, 11) is 0. The van der Waals surface area contributed by atoms with E-state index in [9.17, 15) is 4.79 Å². The third-order valence-electron chi connectivity index (χ3n) is 5.85. The Bertz CT molecular complexity index is 1550. The first kappa shape index (κ1) is 22.8. The minimum atomic E-state index is -0.195. The molecule has 5 rings (SSSR count). The SMILES string of the molecule is CCSc1ccccc1C(=O)Nc1cc(C)nn1-c1ncnc2c1cnn2-c1cccc(C)c1C. The molecular formula is C26H25N7OS. The lowest BCUT2D eigenvalue weighted by molar-refractivity contribution is 0.102. The number of thioether (sulfide) groups is 1. The number of benzene rings is 2. The molecule has 0 fully saturated rings. The number of hydrogen-bond acceptors (Lipinski definition) is 6. The summed E-state index contributed by atoms with van der Waals surface area (Å²) in [5.74, 6) is 1.76. The molecule has 0 saturated carbocycles. The summed E-state index contributed by atoms with van der Waals surface area (Å²) in [6.07, 6.45) is 3.24. The van der Waals surface area contributed by atoms with Gasteiger partial charge < -0.3 is 5.32 Å². The minimum Gasteiger partial charge on any atom is -0.306 e. The quantitative estimate of drug-likeness (QED) is 0.330. The van der Waals surface area contributed by atoms with Crippen molar-refractivity contribution in [1.82, 2.24) is 29.5 Å². The van der Waals surface area contributed by atoms with Crippen molar-refractivity contribution in [2.75, 3.05) is 11.1 Å². The number of aryl methyl sites for hydroxylation is 2. The number of carbonyl (C=O) groups is 1. The van der Waals surface area contributed by atoms with Crippen molar-refractivity contribution in [2.24, 2.45) is 0 Å². The van der Waals surface area contributed by atoms with Crippen LogP contribution in [0.1, 0.15) is 34.1 Å². The summed E-state index contributed by atoms with van der Waals surface area (Å²) >= 11 is 1.64. The van der Waals surface area contributed by atoms with Gasteiger partial charge in [-0.2, -0.15) is 14.9 Å². The van der Waals surface area contributed by atoms with Crippen molar-refractivity contribution in [3.8, 4) is 11.5 Å². The second-order valence-corrected chi connectivity index (χ2v) is 9.48. The van der Waals surface area contributed by atoms with Crippen molar-refractivity contribution < 1.29 is 4.79 Å². The van der Waals surface area contributed by atoms with Gasteiger partial charge in [-0.15, -0.1) is 11.8 Å². The molecule has 3 aromatic heterocycles. The van der Waals surface area contributed by atoms with Crippen molar-refractivity contribution in [3.05, 3.63) is 83.4 Å². The molecule has 0 aliphatic carbocycles. The van der Waals surface area contributed by atoms with E-state index in [1.54, 1.807) is 22.6 Å². The van der Waals surface area contributed by atoms with Crippen molar-refractivity contribution >= 4 is 34.5 Å². The van der Waals surface area contributed by atoms with Gasteiger partial charge in [0.1, 0.15) is 12.1 Å². The van der Waals surface area contributed by atoms with Gasteiger partial charge in [0.15, 0.2) is 11.5 Å². The Balaban J connectivity index is 1.57. The summed E-state index contributed by atoms with van der Waals surface area (Å²) in [6, 6.07) is 15.5. The van der Waals surface area contributed by atoms with Gasteiger partial charge in [0, 0.05) is 11.0 Å².